The van der Waals surface area contributed by atoms with Crippen LogP contribution in [0.1, 0.15) is 37.3 Å². The van der Waals surface area contributed by atoms with Gasteiger partial charge in [0.15, 0.2) is 0 Å². The van der Waals surface area contributed by atoms with Crippen molar-refractivity contribution < 1.29 is 9.53 Å². The smallest absolute Gasteiger partial charge is 0.220 e. The van der Waals surface area contributed by atoms with Crippen molar-refractivity contribution in [2.45, 2.75) is 39.0 Å². The Labute approximate surface area is 144 Å². The summed E-state index contributed by atoms with van der Waals surface area (Å²) >= 11 is 0. The molecule has 2 aromatic rings. The van der Waals surface area contributed by atoms with Crippen molar-refractivity contribution in [3.63, 3.8) is 0 Å². The predicted octanol–water partition coefficient (Wildman–Crippen LogP) is 4.43. The van der Waals surface area contributed by atoms with E-state index in [0.717, 1.165) is 37.0 Å². The fourth-order valence-electron chi connectivity index (χ4n) is 3.03. The number of benzene rings is 2. The molecule has 0 aromatic heterocycles. The Hall–Kier alpha value is -2.29. The molecule has 24 heavy (non-hydrogen) atoms. The first-order valence-corrected chi connectivity index (χ1v) is 8.66. The number of allylic oxidation sites excluding steroid dienone is 1. The summed E-state index contributed by atoms with van der Waals surface area (Å²) in [6, 6.07) is 10.4. The molecule has 1 amide bonds. The SMILES string of the molecule is C=CCc1c(OC)ccc2cccc(CCNC(=O)CCCC)c12. The van der Waals surface area contributed by atoms with Gasteiger partial charge in [-0.1, -0.05) is 43.7 Å². The van der Waals surface area contributed by atoms with Gasteiger partial charge in [-0.25, -0.2) is 0 Å². The maximum Gasteiger partial charge on any atom is 0.220 e. The Morgan fingerprint density at radius 1 is 1.29 bits per heavy atom. The number of hydrogen-bond donors (Lipinski definition) is 1. The van der Waals surface area contributed by atoms with Gasteiger partial charge in [0.25, 0.3) is 0 Å². The molecule has 3 nitrogen and oxygen atoms in total. The molecule has 2 aromatic carbocycles. The second-order valence-electron chi connectivity index (χ2n) is 5.96. The van der Waals surface area contributed by atoms with E-state index in [-0.39, 0.29) is 5.91 Å². The lowest BCUT2D eigenvalue weighted by Crippen LogP contribution is -2.25. The number of ether oxygens (including phenoxy) is 1. The molecular weight excluding hydrogens is 298 g/mol. The number of methoxy groups -OCH3 is 1. The Morgan fingerprint density at radius 3 is 2.83 bits per heavy atom. The molecule has 0 aliphatic heterocycles. The van der Waals surface area contributed by atoms with Crippen LogP contribution in [0.2, 0.25) is 0 Å². The first-order chi connectivity index (χ1) is 11.7. The number of carbonyl (C=O) groups excluding carboxylic acids is 1. The van der Waals surface area contributed by atoms with E-state index >= 15 is 0 Å². The maximum absolute atomic E-state index is 11.8. The van der Waals surface area contributed by atoms with Crippen LogP contribution >= 0.6 is 0 Å². The highest BCUT2D eigenvalue weighted by atomic mass is 16.5. The third kappa shape index (κ3) is 4.38. The molecular formula is C21H27NO2. The average molecular weight is 325 g/mol. The minimum absolute atomic E-state index is 0.140. The molecule has 0 unspecified atom stereocenters. The molecule has 1 N–H and O–H groups in total. The lowest BCUT2D eigenvalue weighted by atomic mass is 9.95. The van der Waals surface area contributed by atoms with Crippen molar-refractivity contribution in [1.82, 2.24) is 5.32 Å². The summed E-state index contributed by atoms with van der Waals surface area (Å²) in [6.45, 7) is 6.62. The minimum atomic E-state index is 0.140. The summed E-state index contributed by atoms with van der Waals surface area (Å²) in [5, 5.41) is 5.44. The van der Waals surface area contributed by atoms with Gasteiger partial charge in [-0.15, -0.1) is 6.58 Å². The van der Waals surface area contributed by atoms with Crippen LogP contribution in [0.5, 0.6) is 5.75 Å². The molecule has 0 spiro atoms. The molecule has 0 aliphatic rings. The highest BCUT2D eigenvalue weighted by Gasteiger charge is 2.11. The molecule has 0 bridgehead atoms. The van der Waals surface area contributed by atoms with Crippen molar-refractivity contribution in [1.29, 1.82) is 0 Å². The lowest BCUT2D eigenvalue weighted by molar-refractivity contribution is -0.121. The number of nitrogens with one attached hydrogen (secondary N) is 1. The zero-order valence-corrected chi connectivity index (χ0v) is 14.7. The number of unbranched alkanes of at least 4 members (excludes halogenated alkanes) is 1. The maximum atomic E-state index is 11.8. The topological polar surface area (TPSA) is 38.3 Å². The van der Waals surface area contributed by atoms with Gasteiger partial charge in [0.2, 0.25) is 5.91 Å². The quantitative estimate of drug-likeness (QED) is 0.693. The van der Waals surface area contributed by atoms with E-state index in [9.17, 15) is 4.79 Å². The molecule has 0 fully saturated rings. The molecule has 0 aliphatic carbocycles. The van der Waals surface area contributed by atoms with Crippen LogP contribution < -0.4 is 10.1 Å². The fraction of sp³-hybridized carbons (Fsp3) is 0.381. The summed E-state index contributed by atoms with van der Waals surface area (Å²) in [5.41, 5.74) is 2.40. The van der Waals surface area contributed by atoms with Crippen LogP contribution in [-0.2, 0) is 17.6 Å². The van der Waals surface area contributed by atoms with Gasteiger partial charge in [-0.05, 0) is 41.7 Å². The highest BCUT2D eigenvalue weighted by Crippen LogP contribution is 2.31. The van der Waals surface area contributed by atoms with E-state index in [1.54, 1.807) is 7.11 Å². The van der Waals surface area contributed by atoms with Crippen molar-refractivity contribution in [2.24, 2.45) is 0 Å². The first-order valence-electron chi connectivity index (χ1n) is 8.66. The summed E-state index contributed by atoms with van der Waals surface area (Å²) < 4.78 is 5.53. The second-order valence-corrected chi connectivity index (χ2v) is 5.96. The summed E-state index contributed by atoms with van der Waals surface area (Å²) in [7, 11) is 1.70. The van der Waals surface area contributed by atoms with E-state index in [0.29, 0.717) is 13.0 Å². The zero-order valence-electron chi connectivity index (χ0n) is 14.7. The van der Waals surface area contributed by atoms with Gasteiger partial charge in [0.05, 0.1) is 7.11 Å². The number of carbonyl (C=O) groups is 1. The third-order valence-electron chi connectivity index (χ3n) is 4.24. The highest BCUT2D eigenvalue weighted by molar-refractivity contribution is 5.91. The van der Waals surface area contributed by atoms with Crippen molar-refractivity contribution in [3.8, 4) is 5.75 Å². The van der Waals surface area contributed by atoms with Crippen molar-refractivity contribution in [3.05, 3.63) is 54.1 Å². The molecule has 3 heteroatoms. The van der Waals surface area contributed by atoms with E-state index in [2.05, 4.69) is 43.1 Å². The second kappa shape index (κ2) is 9.11. The van der Waals surface area contributed by atoms with Crippen LogP contribution in [0, 0.1) is 0 Å². The van der Waals surface area contributed by atoms with Crippen molar-refractivity contribution >= 4 is 16.7 Å². The number of rotatable bonds is 9. The summed E-state index contributed by atoms with van der Waals surface area (Å²) in [4.78, 5) is 11.8. The lowest BCUT2D eigenvalue weighted by Gasteiger charge is -2.15. The van der Waals surface area contributed by atoms with Crippen LogP contribution in [0.3, 0.4) is 0 Å². The summed E-state index contributed by atoms with van der Waals surface area (Å²) in [5.74, 6) is 1.03. The van der Waals surface area contributed by atoms with E-state index in [4.69, 9.17) is 4.74 Å². The molecule has 0 saturated carbocycles. The largest absolute Gasteiger partial charge is 0.496 e. The van der Waals surface area contributed by atoms with Gasteiger partial charge >= 0.3 is 0 Å². The number of hydrogen-bond acceptors (Lipinski definition) is 2. The Kier molecular flexibility index (Phi) is 6.86. The van der Waals surface area contributed by atoms with Gasteiger partial charge in [0.1, 0.15) is 5.75 Å². The normalized spacial score (nSPS) is 10.6. The van der Waals surface area contributed by atoms with E-state index < -0.39 is 0 Å². The average Bonchev–Trinajstić information content (AvgIpc) is 2.60. The van der Waals surface area contributed by atoms with Gasteiger partial charge in [-0.3, -0.25) is 4.79 Å². The van der Waals surface area contributed by atoms with Crippen molar-refractivity contribution in [2.75, 3.05) is 13.7 Å². The fourth-order valence-corrected chi connectivity index (χ4v) is 3.03. The van der Waals surface area contributed by atoms with Gasteiger partial charge < -0.3 is 10.1 Å². The molecule has 0 saturated heterocycles. The van der Waals surface area contributed by atoms with Gasteiger partial charge in [-0.2, -0.15) is 0 Å². The van der Waals surface area contributed by atoms with Crippen LogP contribution in [0.4, 0.5) is 0 Å². The standard InChI is InChI=1S/C21H27NO2/c1-4-6-11-20(23)22-15-14-17-10-7-9-16-12-13-19(24-3)18(8-5-2)21(16)17/h5,7,9-10,12-13H,2,4,6,8,11,14-15H2,1,3H3,(H,22,23). The Balaban J connectivity index is 2.23. The number of amides is 1. The zero-order chi connectivity index (χ0) is 17.4. The molecule has 128 valence electrons. The Bertz CT molecular complexity index is 706. The molecule has 0 atom stereocenters. The van der Waals surface area contributed by atoms with Crippen LogP contribution in [0.25, 0.3) is 10.8 Å². The van der Waals surface area contributed by atoms with E-state index in [1.807, 2.05) is 12.1 Å². The third-order valence-corrected chi connectivity index (χ3v) is 4.24. The number of fused-ring (bicyclic) bond motifs is 1. The summed E-state index contributed by atoms with van der Waals surface area (Å²) in [6.07, 6.45) is 6.08. The molecule has 2 rings (SSSR count). The molecule has 0 heterocycles. The van der Waals surface area contributed by atoms with Crippen LogP contribution in [-0.4, -0.2) is 19.6 Å². The van der Waals surface area contributed by atoms with Gasteiger partial charge in [0, 0.05) is 18.5 Å². The van der Waals surface area contributed by atoms with Crippen LogP contribution in [0.15, 0.2) is 43.0 Å². The molecule has 0 radical (unpaired) electrons. The Morgan fingerprint density at radius 2 is 2.12 bits per heavy atom. The minimum Gasteiger partial charge on any atom is -0.496 e. The monoisotopic (exact) mass is 325 g/mol. The predicted molar refractivity (Wildman–Crippen MR) is 101 cm³/mol. The van der Waals surface area contributed by atoms with E-state index in [1.165, 1.54) is 16.3 Å². The first kappa shape index (κ1) is 18.1.